The first-order chi connectivity index (χ1) is 9.43. The molecule has 2 unspecified atom stereocenters. The fourth-order valence-corrected chi connectivity index (χ4v) is 4.05. The van der Waals surface area contributed by atoms with Crippen LogP contribution in [0.4, 0.5) is 5.69 Å². The van der Waals surface area contributed by atoms with Crippen molar-refractivity contribution < 1.29 is 0 Å². The van der Waals surface area contributed by atoms with E-state index in [0.29, 0.717) is 6.04 Å². The number of aromatic nitrogens is 2. The molecule has 1 heterocycles. The quantitative estimate of drug-likeness (QED) is 0.890. The first-order valence-corrected chi connectivity index (χ1v) is 7.95. The van der Waals surface area contributed by atoms with Crippen LogP contribution in [0.1, 0.15) is 57.8 Å². The Morgan fingerprint density at radius 2 is 1.53 bits per heavy atom. The van der Waals surface area contributed by atoms with E-state index in [1.807, 2.05) is 12.4 Å². The summed E-state index contributed by atoms with van der Waals surface area (Å²) in [6, 6.07) is 0.642. The van der Waals surface area contributed by atoms with Crippen molar-refractivity contribution in [2.45, 2.75) is 63.8 Å². The van der Waals surface area contributed by atoms with Gasteiger partial charge in [0.25, 0.3) is 0 Å². The molecule has 3 rings (SSSR count). The summed E-state index contributed by atoms with van der Waals surface area (Å²) in [7, 11) is 0. The molecule has 2 aliphatic carbocycles. The first-order valence-electron chi connectivity index (χ1n) is 7.95. The highest BCUT2D eigenvalue weighted by molar-refractivity contribution is 5.38. The van der Waals surface area contributed by atoms with Gasteiger partial charge in [-0.15, -0.1) is 0 Å². The van der Waals surface area contributed by atoms with Gasteiger partial charge in [-0.3, -0.25) is 0 Å². The van der Waals surface area contributed by atoms with E-state index < -0.39 is 0 Å². The van der Waals surface area contributed by atoms with Crippen molar-refractivity contribution in [2.24, 2.45) is 11.8 Å². The van der Waals surface area contributed by atoms with Crippen LogP contribution in [-0.4, -0.2) is 16.0 Å². The fraction of sp³-hybridized carbons (Fsp3) is 0.750. The van der Waals surface area contributed by atoms with Crippen molar-refractivity contribution in [3.8, 4) is 0 Å². The van der Waals surface area contributed by atoms with E-state index in [4.69, 9.17) is 0 Å². The fourth-order valence-electron chi connectivity index (χ4n) is 4.05. The minimum atomic E-state index is 0.642. The van der Waals surface area contributed by atoms with Gasteiger partial charge in [-0.2, -0.15) is 0 Å². The van der Waals surface area contributed by atoms with Crippen LogP contribution in [0.25, 0.3) is 0 Å². The Labute approximate surface area is 116 Å². The molecule has 19 heavy (non-hydrogen) atoms. The molecule has 2 aliphatic rings. The van der Waals surface area contributed by atoms with E-state index in [1.54, 1.807) is 6.33 Å². The zero-order valence-electron chi connectivity index (χ0n) is 11.7. The number of hydrogen-bond acceptors (Lipinski definition) is 3. The summed E-state index contributed by atoms with van der Waals surface area (Å²) in [5.41, 5.74) is 1.09. The van der Waals surface area contributed by atoms with Crippen LogP contribution in [0.3, 0.4) is 0 Å². The maximum absolute atomic E-state index is 4.11. The lowest BCUT2D eigenvalue weighted by Gasteiger charge is -2.39. The second kappa shape index (κ2) is 6.36. The molecule has 0 aromatic carbocycles. The molecule has 1 N–H and O–H groups in total. The number of hydrogen-bond donors (Lipinski definition) is 1. The molecule has 2 fully saturated rings. The molecule has 2 atom stereocenters. The van der Waals surface area contributed by atoms with Gasteiger partial charge in [-0.1, -0.05) is 44.9 Å². The molecule has 1 aromatic heterocycles. The van der Waals surface area contributed by atoms with E-state index >= 15 is 0 Å². The Hall–Kier alpha value is -1.12. The molecule has 0 amide bonds. The number of anilines is 1. The molecule has 0 saturated heterocycles. The molecule has 1 aromatic rings. The molecule has 2 saturated carbocycles. The Kier molecular flexibility index (Phi) is 4.31. The van der Waals surface area contributed by atoms with E-state index in [-0.39, 0.29) is 0 Å². The Morgan fingerprint density at radius 3 is 2.32 bits per heavy atom. The maximum Gasteiger partial charge on any atom is 0.115 e. The highest BCUT2D eigenvalue weighted by Crippen LogP contribution is 2.39. The summed E-state index contributed by atoms with van der Waals surface area (Å²) in [6.07, 6.45) is 18.2. The molecular formula is C16H25N3. The van der Waals surface area contributed by atoms with Gasteiger partial charge in [-0.25, -0.2) is 9.97 Å². The molecule has 104 valence electrons. The van der Waals surface area contributed by atoms with Gasteiger partial charge in [0.1, 0.15) is 6.33 Å². The Bertz CT molecular complexity index is 373. The second-order valence-corrected chi connectivity index (χ2v) is 6.22. The summed E-state index contributed by atoms with van der Waals surface area (Å²) in [6.45, 7) is 0. The average Bonchev–Trinajstić information content (AvgIpc) is 2.50. The lowest BCUT2D eigenvalue weighted by Crippen LogP contribution is -2.37. The zero-order valence-corrected chi connectivity index (χ0v) is 11.7. The minimum absolute atomic E-state index is 0.642. The topological polar surface area (TPSA) is 37.8 Å². The van der Waals surface area contributed by atoms with E-state index in [9.17, 15) is 0 Å². The van der Waals surface area contributed by atoms with E-state index in [2.05, 4.69) is 15.3 Å². The SMILES string of the molecule is c1ncc(NC2CCCCC2C2CCCCC2)cn1. The van der Waals surface area contributed by atoms with Crippen molar-refractivity contribution in [1.82, 2.24) is 9.97 Å². The van der Waals surface area contributed by atoms with E-state index in [0.717, 1.165) is 17.5 Å². The van der Waals surface area contributed by atoms with Crippen molar-refractivity contribution >= 4 is 5.69 Å². The predicted molar refractivity (Wildman–Crippen MR) is 78.0 cm³/mol. The third kappa shape index (κ3) is 3.26. The minimum Gasteiger partial charge on any atom is -0.380 e. The summed E-state index contributed by atoms with van der Waals surface area (Å²) in [5, 5.41) is 3.70. The van der Waals surface area contributed by atoms with Crippen LogP contribution in [0.2, 0.25) is 0 Å². The third-order valence-corrected chi connectivity index (χ3v) is 4.99. The molecule has 0 radical (unpaired) electrons. The largest absolute Gasteiger partial charge is 0.380 e. The smallest absolute Gasteiger partial charge is 0.115 e. The number of rotatable bonds is 3. The lowest BCUT2D eigenvalue weighted by atomic mass is 9.71. The molecule has 3 nitrogen and oxygen atoms in total. The van der Waals surface area contributed by atoms with Gasteiger partial charge in [0.05, 0.1) is 18.1 Å². The highest BCUT2D eigenvalue weighted by atomic mass is 15.0. The second-order valence-electron chi connectivity index (χ2n) is 6.22. The van der Waals surface area contributed by atoms with Gasteiger partial charge in [0, 0.05) is 6.04 Å². The molecule has 0 spiro atoms. The molecule has 0 aliphatic heterocycles. The monoisotopic (exact) mass is 259 g/mol. The van der Waals surface area contributed by atoms with E-state index in [1.165, 1.54) is 57.8 Å². The standard InChI is InChI=1S/C16H25N3/c1-2-6-13(7-3-1)15-8-4-5-9-16(15)19-14-10-17-12-18-11-14/h10-13,15-16,19H,1-9H2. The Balaban J connectivity index is 1.66. The average molecular weight is 259 g/mol. The van der Waals surface area contributed by atoms with Gasteiger partial charge in [0.15, 0.2) is 0 Å². The van der Waals surface area contributed by atoms with Crippen LogP contribution in [0, 0.1) is 11.8 Å². The third-order valence-electron chi connectivity index (χ3n) is 4.99. The summed E-state index contributed by atoms with van der Waals surface area (Å²) in [4.78, 5) is 8.23. The van der Waals surface area contributed by atoms with Crippen molar-refractivity contribution in [2.75, 3.05) is 5.32 Å². The van der Waals surface area contributed by atoms with Crippen LogP contribution in [0.5, 0.6) is 0 Å². The first kappa shape index (κ1) is 12.9. The van der Waals surface area contributed by atoms with Gasteiger partial charge in [-0.05, 0) is 24.7 Å². The lowest BCUT2D eigenvalue weighted by molar-refractivity contribution is 0.180. The van der Waals surface area contributed by atoms with Crippen LogP contribution >= 0.6 is 0 Å². The number of nitrogens with one attached hydrogen (secondary N) is 1. The molecule has 0 bridgehead atoms. The van der Waals surface area contributed by atoms with Crippen molar-refractivity contribution in [3.63, 3.8) is 0 Å². The predicted octanol–water partition coefficient (Wildman–Crippen LogP) is 4.03. The normalized spacial score (nSPS) is 29.1. The van der Waals surface area contributed by atoms with Crippen LogP contribution < -0.4 is 5.32 Å². The highest BCUT2D eigenvalue weighted by Gasteiger charge is 2.32. The van der Waals surface area contributed by atoms with Gasteiger partial charge in [0.2, 0.25) is 0 Å². The number of nitrogens with zero attached hydrogens (tertiary/aromatic N) is 2. The summed E-state index contributed by atoms with van der Waals surface area (Å²) >= 11 is 0. The molecule has 3 heteroatoms. The summed E-state index contributed by atoms with van der Waals surface area (Å²) < 4.78 is 0. The molecular weight excluding hydrogens is 234 g/mol. The van der Waals surface area contributed by atoms with Gasteiger partial charge < -0.3 is 5.32 Å². The van der Waals surface area contributed by atoms with Gasteiger partial charge >= 0.3 is 0 Å². The van der Waals surface area contributed by atoms with Crippen molar-refractivity contribution in [3.05, 3.63) is 18.7 Å². The van der Waals surface area contributed by atoms with Crippen molar-refractivity contribution in [1.29, 1.82) is 0 Å². The zero-order chi connectivity index (χ0) is 12.9. The summed E-state index contributed by atoms with van der Waals surface area (Å²) in [5.74, 6) is 1.82. The maximum atomic E-state index is 4.11. The van der Waals surface area contributed by atoms with Crippen LogP contribution in [0.15, 0.2) is 18.7 Å². The Morgan fingerprint density at radius 1 is 0.842 bits per heavy atom. The van der Waals surface area contributed by atoms with Crippen LogP contribution in [-0.2, 0) is 0 Å².